The van der Waals surface area contributed by atoms with Crippen LogP contribution in [-0.4, -0.2) is 26.3 Å². The normalized spacial score (nSPS) is 12.6. The molecule has 104 valence electrons. The summed E-state index contributed by atoms with van der Waals surface area (Å²) in [5.74, 6) is 0.492. The first kappa shape index (κ1) is 15.6. The van der Waals surface area contributed by atoms with E-state index in [9.17, 15) is 8.42 Å². The van der Waals surface area contributed by atoms with Crippen LogP contribution in [0.25, 0.3) is 0 Å². The van der Waals surface area contributed by atoms with Crippen LogP contribution in [0, 0.1) is 12.8 Å². The Morgan fingerprint density at radius 3 is 2.50 bits per heavy atom. The van der Waals surface area contributed by atoms with Crippen LogP contribution >= 0.6 is 11.3 Å². The third-order valence-electron chi connectivity index (χ3n) is 2.83. The monoisotopic (exact) mass is 290 g/mol. The van der Waals surface area contributed by atoms with Crippen LogP contribution in [0.2, 0.25) is 0 Å². The molecule has 0 radical (unpaired) electrons. The molecule has 0 bridgehead atoms. The van der Waals surface area contributed by atoms with Crippen molar-refractivity contribution in [2.75, 3.05) is 13.6 Å². The molecule has 0 saturated heterocycles. The van der Waals surface area contributed by atoms with Gasteiger partial charge in [0.15, 0.2) is 0 Å². The molecule has 1 aromatic heterocycles. The van der Waals surface area contributed by atoms with E-state index in [0.717, 1.165) is 16.2 Å². The number of sulfonamides is 1. The van der Waals surface area contributed by atoms with Gasteiger partial charge in [-0.25, -0.2) is 12.7 Å². The first-order valence-electron chi connectivity index (χ1n) is 6.04. The fourth-order valence-corrected chi connectivity index (χ4v) is 4.27. The Labute approximate surface area is 114 Å². The molecule has 4 nitrogen and oxygen atoms in total. The van der Waals surface area contributed by atoms with Crippen molar-refractivity contribution in [1.82, 2.24) is 4.31 Å². The molecule has 0 aliphatic carbocycles. The third kappa shape index (κ3) is 3.54. The standard InChI is InChI=1S/C12H22N2O2S2/c1-9(2)5-6-14(4)18(15,16)12-7-11(8-13)17-10(12)3/h7,9H,5-6,8,13H2,1-4H3. The Balaban J connectivity index is 2.94. The van der Waals surface area contributed by atoms with E-state index in [2.05, 4.69) is 13.8 Å². The molecule has 0 amide bonds. The Kier molecular flexibility index (Phi) is 5.33. The van der Waals surface area contributed by atoms with Crippen molar-refractivity contribution in [2.45, 2.75) is 38.6 Å². The maximum Gasteiger partial charge on any atom is 0.243 e. The molecular weight excluding hydrogens is 268 g/mol. The highest BCUT2D eigenvalue weighted by Gasteiger charge is 2.24. The minimum absolute atomic E-state index is 0.386. The van der Waals surface area contributed by atoms with Crippen molar-refractivity contribution in [3.8, 4) is 0 Å². The van der Waals surface area contributed by atoms with Gasteiger partial charge in [0, 0.05) is 29.9 Å². The second-order valence-electron chi connectivity index (χ2n) is 4.85. The van der Waals surface area contributed by atoms with Crippen molar-refractivity contribution in [3.05, 3.63) is 15.8 Å². The van der Waals surface area contributed by atoms with Crippen molar-refractivity contribution < 1.29 is 8.42 Å². The summed E-state index contributed by atoms with van der Waals surface area (Å²) in [6, 6.07) is 1.70. The van der Waals surface area contributed by atoms with E-state index in [1.165, 1.54) is 15.6 Å². The Hall–Kier alpha value is -0.430. The van der Waals surface area contributed by atoms with Gasteiger partial charge in [0.25, 0.3) is 0 Å². The molecule has 0 spiro atoms. The van der Waals surface area contributed by atoms with Crippen LogP contribution < -0.4 is 5.73 Å². The molecule has 0 unspecified atom stereocenters. The molecule has 0 saturated carbocycles. The molecular formula is C12H22N2O2S2. The highest BCUT2D eigenvalue weighted by molar-refractivity contribution is 7.89. The van der Waals surface area contributed by atoms with Gasteiger partial charge in [-0.15, -0.1) is 11.3 Å². The fourth-order valence-electron chi connectivity index (χ4n) is 1.61. The number of hydrogen-bond donors (Lipinski definition) is 1. The van der Waals surface area contributed by atoms with Crippen LogP contribution in [-0.2, 0) is 16.6 Å². The molecule has 6 heteroatoms. The number of hydrogen-bond acceptors (Lipinski definition) is 4. The fraction of sp³-hybridized carbons (Fsp3) is 0.667. The van der Waals surface area contributed by atoms with Crippen LogP contribution in [0.1, 0.15) is 30.0 Å². The zero-order chi connectivity index (χ0) is 13.9. The molecule has 1 aromatic rings. The molecule has 0 atom stereocenters. The van der Waals surface area contributed by atoms with Gasteiger partial charge in [-0.1, -0.05) is 13.8 Å². The van der Waals surface area contributed by atoms with Crippen LogP contribution in [0.4, 0.5) is 0 Å². The van der Waals surface area contributed by atoms with Gasteiger partial charge < -0.3 is 5.73 Å². The van der Waals surface area contributed by atoms with Gasteiger partial charge in [0.2, 0.25) is 10.0 Å². The van der Waals surface area contributed by atoms with Gasteiger partial charge >= 0.3 is 0 Å². The number of thiophene rings is 1. The van der Waals surface area contributed by atoms with E-state index in [1.807, 2.05) is 6.92 Å². The van der Waals surface area contributed by atoms with Crippen LogP contribution in [0.5, 0.6) is 0 Å². The van der Waals surface area contributed by atoms with Crippen LogP contribution in [0.3, 0.4) is 0 Å². The topological polar surface area (TPSA) is 63.4 Å². The summed E-state index contributed by atoms with van der Waals surface area (Å²) in [4.78, 5) is 2.12. The quantitative estimate of drug-likeness (QED) is 0.873. The van der Waals surface area contributed by atoms with Crippen molar-refractivity contribution in [1.29, 1.82) is 0 Å². The van der Waals surface area contributed by atoms with E-state index >= 15 is 0 Å². The molecule has 0 aromatic carbocycles. The lowest BCUT2D eigenvalue weighted by Crippen LogP contribution is -2.28. The molecule has 0 aliphatic heterocycles. The lowest BCUT2D eigenvalue weighted by molar-refractivity contribution is 0.428. The average Bonchev–Trinajstić information content (AvgIpc) is 2.67. The summed E-state index contributed by atoms with van der Waals surface area (Å²) >= 11 is 1.45. The SMILES string of the molecule is Cc1sc(CN)cc1S(=O)(=O)N(C)CCC(C)C. The van der Waals surface area contributed by atoms with Crippen LogP contribution in [0.15, 0.2) is 11.0 Å². The smallest absolute Gasteiger partial charge is 0.243 e. The van der Waals surface area contributed by atoms with Gasteiger partial charge in [-0.05, 0) is 25.3 Å². The maximum atomic E-state index is 12.4. The predicted molar refractivity (Wildman–Crippen MR) is 76.2 cm³/mol. The summed E-state index contributed by atoms with van der Waals surface area (Å²) < 4.78 is 26.2. The minimum atomic E-state index is -3.37. The summed E-state index contributed by atoms with van der Waals surface area (Å²) in [6.45, 7) is 6.93. The van der Waals surface area contributed by atoms with Gasteiger partial charge in [0.1, 0.15) is 0 Å². The van der Waals surface area contributed by atoms with Crippen molar-refractivity contribution in [2.24, 2.45) is 11.7 Å². The Bertz CT molecular complexity index is 492. The summed E-state index contributed by atoms with van der Waals surface area (Å²) in [5.41, 5.74) is 5.55. The van der Waals surface area contributed by atoms with Crippen molar-refractivity contribution >= 4 is 21.4 Å². The van der Waals surface area contributed by atoms with E-state index in [-0.39, 0.29) is 0 Å². The van der Waals surface area contributed by atoms with E-state index in [4.69, 9.17) is 5.73 Å². The van der Waals surface area contributed by atoms with Gasteiger partial charge in [-0.3, -0.25) is 0 Å². The lowest BCUT2D eigenvalue weighted by atomic mass is 10.1. The summed E-state index contributed by atoms with van der Waals surface area (Å²) in [7, 11) is -1.73. The molecule has 0 aliphatic rings. The molecule has 1 heterocycles. The minimum Gasteiger partial charge on any atom is -0.326 e. The number of aryl methyl sites for hydroxylation is 1. The third-order valence-corrected chi connectivity index (χ3v) is 6.02. The Morgan fingerprint density at radius 1 is 1.44 bits per heavy atom. The molecule has 18 heavy (non-hydrogen) atoms. The summed E-state index contributed by atoms with van der Waals surface area (Å²) in [6.07, 6.45) is 0.864. The maximum absolute atomic E-state index is 12.4. The van der Waals surface area contributed by atoms with Gasteiger partial charge in [0.05, 0.1) is 4.90 Å². The second-order valence-corrected chi connectivity index (χ2v) is 8.20. The first-order valence-corrected chi connectivity index (χ1v) is 8.30. The zero-order valence-electron chi connectivity index (χ0n) is 11.4. The highest BCUT2D eigenvalue weighted by Crippen LogP contribution is 2.27. The van der Waals surface area contributed by atoms with E-state index in [1.54, 1.807) is 13.1 Å². The summed E-state index contributed by atoms with van der Waals surface area (Å²) in [5, 5.41) is 0. The second kappa shape index (κ2) is 6.14. The molecule has 2 N–H and O–H groups in total. The largest absolute Gasteiger partial charge is 0.326 e. The highest BCUT2D eigenvalue weighted by atomic mass is 32.2. The molecule has 1 rings (SSSR count). The number of rotatable bonds is 6. The van der Waals surface area contributed by atoms with Crippen molar-refractivity contribution in [3.63, 3.8) is 0 Å². The van der Waals surface area contributed by atoms with E-state index < -0.39 is 10.0 Å². The first-order chi connectivity index (χ1) is 8.28. The average molecular weight is 290 g/mol. The van der Waals surface area contributed by atoms with Gasteiger partial charge in [-0.2, -0.15) is 0 Å². The number of nitrogens with zero attached hydrogens (tertiary/aromatic N) is 1. The lowest BCUT2D eigenvalue weighted by Gasteiger charge is -2.18. The van der Waals surface area contributed by atoms with E-state index in [0.29, 0.717) is 23.9 Å². The predicted octanol–water partition coefficient (Wildman–Crippen LogP) is 2.18. The number of nitrogens with two attached hydrogens (primary N) is 1. The Morgan fingerprint density at radius 2 is 2.06 bits per heavy atom. The molecule has 0 fully saturated rings. The zero-order valence-corrected chi connectivity index (χ0v) is 13.1.